The quantitative estimate of drug-likeness (QED) is 0.378. The molecule has 0 spiro atoms. The Bertz CT molecular complexity index is 791. The van der Waals surface area contributed by atoms with Crippen LogP contribution in [0.4, 0.5) is 5.69 Å². The first-order chi connectivity index (χ1) is 12.7. The Hall–Kier alpha value is -2.13. The molecule has 9 heteroatoms. The number of carbonyl (C=O) groups is 2. The fourth-order valence-electron chi connectivity index (χ4n) is 2.58. The summed E-state index contributed by atoms with van der Waals surface area (Å²) in [7, 11) is -3.41. The van der Waals surface area contributed by atoms with Crippen molar-refractivity contribution in [1.29, 1.82) is 0 Å². The van der Waals surface area contributed by atoms with E-state index in [0.717, 1.165) is 0 Å². The highest BCUT2D eigenvalue weighted by Crippen LogP contribution is 2.34. The summed E-state index contributed by atoms with van der Waals surface area (Å²) in [5, 5.41) is 2.79. The van der Waals surface area contributed by atoms with Gasteiger partial charge in [-0.15, -0.1) is 0 Å². The highest BCUT2D eigenvalue weighted by molar-refractivity contribution is 7.91. The van der Waals surface area contributed by atoms with Crippen LogP contribution in [0, 0.1) is 0 Å². The number of esters is 1. The molecular formula is C18H26N2O6S. The minimum Gasteiger partial charge on any atom is -0.423 e. The molecule has 0 aliphatic carbocycles. The molecule has 0 fully saturated rings. The lowest BCUT2D eigenvalue weighted by atomic mass is 10.2. The predicted octanol–water partition coefficient (Wildman–Crippen LogP) is 1.14. The van der Waals surface area contributed by atoms with Crippen molar-refractivity contribution < 1.29 is 27.5 Å². The van der Waals surface area contributed by atoms with E-state index in [1.165, 1.54) is 12.1 Å². The highest BCUT2D eigenvalue weighted by Gasteiger charge is 2.27. The zero-order valence-electron chi connectivity index (χ0n) is 15.9. The van der Waals surface area contributed by atoms with Crippen LogP contribution in [-0.2, 0) is 24.2 Å². The number of hydrogen-bond acceptors (Lipinski definition) is 7. The molecule has 1 aromatic rings. The molecule has 0 atom stereocenters. The second kappa shape index (κ2) is 9.18. The minimum absolute atomic E-state index is 0.0208. The topological polar surface area (TPSA) is 102 Å². The summed E-state index contributed by atoms with van der Waals surface area (Å²) >= 11 is 0. The summed E-state index contributed by atoms with van der Waals surface area (Å²) in [6.45, 7) is 6.38. The summed E-state index contributed by atoms with van der Waals surface area (Å²) < 4.78 is 34.6. The average Bonchev–Trinajstić information content (AvgIpc) is 2.60. The van der Waals surface area contributed by atoms with E-state index in [4.69, 9.17) is 9.47 Å². The fraction of sp³-hybridized carbons (Fsp3) is 0.556. The number of fused-ring (bicyclic) bond motifs is 1. The Kier molecular flexibility index (Phi) is 7.20. The zero-order valence-corrected chi connectivity index (χ0v) is 16.7. The van der Waals surface area contributed by atoms with Crippen LogP contribution in [0.2, 0.25) is 0 Å². The molecule has 1 heterocycles. The summed E-state index contributed by atoms with van der Waals surface area (Å²) in [5.41, 5.74) is 0.517. The Morgan fingerprint density at radius 3 is 2.78 bits per heavy atom. The SMILES string of the molecule is CCS(=O)(=O)c1ccc2c(c1)OC(=O)CN2CC(=O)NCCCOC(C)C. The maximum absolute atomic E-state index is 12.2. The van der Waals surface area contributed by atoms with Crippen LogP contribution in [0.15, 0.2) is 23.1 Å². The van der Waals surface area contributed by atoms with Gasteiger partial charge in [0, 0.05) is 19.2 Å². The number of amides is 1. The molecule has 0 radical (unpaired) electrons. The highest BCUT2D eigenvalue weighted by atomic mass is 32.2. The Balaban J connectivity index is 2.01. The lowest BCUT2D eigenvalue weighted by Gasteiger charge is -2.29. The molecule has 1 N–H and O–H groups in total. The number of benzene rings is 1. The van der Waals surface area contributed by atoms with Crippen LogP contribution in [-0.4, -0.2) is 58.4 Å². The first-order valence-electron chi connectivity index (χ1n) is 8.93. The molecule has 1 aromatic carbocycles. The molecule has 1 amide bonds. The maximum atomic E-state index is 12.2. The van der Waals surface area contributed by atoms with Crippen LogP contribution in [0.3, 0.4) is 0 Å². The summed E-state index contributed by atoms with van der Waals surface area (Å²) in [5.74, 6) is -0.664. The lowest BCUT2D eigenvalue weighted by molar-refractivity contribution is -0.133. The third-order valence-electron chi connectivity index (χ3n) is 3.98. The number of carbonyl (C=O) groups excluding carboxylic acids is 2. The van der Waals surface area contributed by atoms with Crippen molar-refractivity contribution in [3.63, 3.8) is 0 Å². The number of sulfone groups is 1. The van der Waals surface area contributed by atoms with Crippen LogP contribution < -0.4 is 15.0 Å². The molecule has 27 heavy (non-hydrogen) atoms. The Morgan fingerprint density at radius 2 is 2.11 bits per heavy atom. The Labute approximate surface area is 159 Å². The number of hydrogen-bond donors (Lipinski definition) is 1. The first kappa shape index (κ1) is 21.2. The molecule has 1 aliphatic rings. The second-order valence-corrected chi connectivity index (χ2v) is 8.76. The van der Waals surface area contributed by atoms with Crippen molar-refractivity contribution in [2.24, 2.45) is 0 Å². The van der Waals surface area contributed by atoms with Gasteiger partial charge in [-0.3, -0.25) is 4.79 Å². The molecule has 150 valence electrons. The third kappa shape index (κ3) is 5.93. The molecule has 0 saturated carbocycles. The molecule has 0 aromatic heterocycles. The van der Waals surface area contributed by atoms with Gasteiger partial charge in [0.15, 0.2) is 15.6 Å². The van der Waals surface area contributed by atoms with Crippen LogP contribution in [0.5, 0.6) is 5.75 Å². The number of ether oxygens (including phenoxy) is 2. The number of nitrogens with one attached hydrogen (secondary N) is 1. The van der Waals surface area contributed by atoms with Gasteiger partial charge in [-0.2, -0.15) is 0 Å². The van der Waals surface area contributed by atoms with Crippen LogP contribution >= 0.6 is 0 Å². The van der Waals surface area contributed by atoms with E-state index in [2.05, 4.69) is 5.32 Å². The van der Waals surface area contributed by atoms with E-state index in [-0.39, 0.29) is 41.5 Å². The smallest absolute Gasteiger partial charge is 0.331 e. The van der Waals surface area contributed by atoms with Crippen molar-refractivity contribution in [3.05, 3.63) is 18.2 Å². The van der Waals surface area contributed by atoms with E-state index in [1.54, 1.807) is 17.9 Å². The standard InChI is InChI=1S/C18H26N2O6S/c1-4-27(23,24)14-6-7-15-16(10-14)26-18(22)12-20(15)11-17(21)19-8-5-9-25-13(2)3/h6-7,10,13H,4-5,8-9,11-12H2,1-3H3,(H,19,21). The number of nitrogens with zero attached hydrogens (tertiary/aromatic N) is 1. The Morgan fingerprint density at radius 1 is 1.37 bits per heavy atom. The minimum atomic E-state index is -3.41. The van der Waals surface area contributed by atoms with E-state index in [1.807, 2.05) is 13.8 Å². The third-order valence-corrected chi connectivity index (χ3v) is 5.72. The largest absolute Gasteiger partial charge is 0.423 e. The normalized spacial score (nSPS) is 14.1. The van der Waals surface area contributed by atoms with Crippen LogP contribution in [0.1, 0.15) is 27.2 Å². The van der Waals surface area contributed by atoms with Crippen LogP contribution in [0.25, 0.3) is 0 Å². The molecule has 0 bridgehead atoms. The van der Waals surface area contributed by atoms with E-state index >= 15 is 0 Å². The van der Waals surface area contributed by atoms with Crippen molar-refractivity contribution in [1.82, 2.24) is 5.32 Å². The van der Waals surface area contributed by atoms with Crippen molar-refractivity contribution >= 4 is 27.4 Å². The predicted molar refractivity (Wildman–Crippen MR) is 101 cm³/mol. The van der Waals surface area contributed by atoms with Gasteiger partial charge in [-0.05, 0) is 32.4 Å². The summed E-state index contributed by atoms with van der Waals surface area (Å²) in [6, 6.07) is 4.36. The zero-order chi connectivity index (χ0) is 20.0. The molecule has 1 aliphatic heterocycles. The second-order valence-electron chi connectivity index (χ2n) is 6.49. The monoisotopic (exact) mass is 398 g/mol. The molecule has 8 nitrogen and oxygen atoms in total. The van der Waals surface area contributed by atoms with Gasteiger partial charge in [-0.1, -0.05) is 6.92 Å². The average molecular weight is 398 g/mol. The van der Waals surface area contributed by atoms with Gasteiger partial charge >= 0.3 is 5.97 Å². The van der Waals surface area contributed by atoms with Crippen molar-refractivity contribution in [2.45, 2.75) is 38.2 Å². The number of rotatable bonds is 9. The molecule has 0 saturated heterocycles. The van der Waals surface area contributed by atoms with Gasteiger partial charge in [0.2, 0.25) is 5.91 Å². The summed E-state index contributed by atoms with van der Waals surface area (Å²) in [4.78, 5) is 25.7. The number of anilines is 1. The molecule has 0 unspecified atom stereocenters. The molecule has 2 rings (SSSR count). The fourth-order valence-corrected chi connectivity index (χ4v) is 3.48. The van der Waals surface area contributed by atoms with Gasteiger partial charge in [0.25, 0.3) is 0 Å². The van der Waals surface area contributed by atoms with Gasteiger partial charge in [-0.25, -0.2) is 13.2 Å². The van der Waals surface area contributed by atoms with Gasteiger partial charge < -0.3 is 19.7 Å². The first-order valence-corrected chi connectivity index (χ1v) is 10.6. The van der Waals surface area contributed by atoms with Crippen molar-refractivity contribution in [2.75, 3.05) is 36.9 Å². The van der Waals surface area contributed by atoms with E-state index in [9.17, 15) is 18.0 Å². The lowest BCUT2D eigenvalue weighted by Crippen LogP contribution is -2.43. The van der Waals surface area contributed by atoms with Gasteiger partial charge in [0.1, 0.15) is 6.54 Å². The summed E-state index contributed by atoms with van der Waals surface area (Å²) in [6.07, 6.45) is 0.846. The van der Waals surface area contributed by atoms with E-state index in [0.29, 0.717) is 25.3 Å². The van der Waals surface area contributed by atoms with E-state index < -0.39 is 15.8 Å². The molecular weight excluding hydrogens is 372 g/mol. The van der Waals surface area contributed by atoms with Crippen molar-refractivity contribution in [3.8, 4) is 5.75 Å². The maximum Gasteiger partial charge on any atom is 0.331 e. The van der Waals surface area contributed by atoms with Gasteiger partial charge in [0.05, 0.1) is 29.0 Å².